The van der Waals surface area contributed by atoms with Gasteiger partial charge in [-0.3, -0.25) is 0 Å². The molecule has 0 unspecified atom stereocenters. The SMILES string of the molecule is Cc1ccc(-c2ccccc2)cc1N(c1ccccc1C(C)C)c1cc(C(C)C)c2ccc3c(N(c4cc(-c5ccccc5)ccc4C)c4ccccc4C(C)C)cc(C(C)C)c4ccc1c2c43. The minimum Gasteiger partial charge on any atom is -0.309 e. The van der Waals surface area contributed by atoms with E-state index in [9.17, 15) is 0 Å². The molecule has 0 aliphatic rings. The molecule has 0 aliphatic carbocycles. The van der Waals surface area contributed by atoms with Crippen LogP contribution in [0, 0.1) is 13.8 Å². The predicted molar refractivity (Wildman–Crippen MR) is 296 cm³/mol. The van der Waals surface area contributed by atoms with Gasteiger partial charge in [0, 0.05) is 33.5 Å². The van der Waals surface area contributed by atoms with Crippen LogP contribution in [-0.4, -0.2) is 0 Å². The van der Waals surface area contributed by atoms with Gasteiger partial charge in [-0.1, -0.05) is 201 Å². The standard InChI is InChI=1S/C66H64N2/c1-41(2)51-25-17-19-27-59(51)67(61-37-49(31-29-45(61)9)47-21-13-11-14-22-47)63-39-57(43(5)6)53-34-36-56-64(40-58(44(7)8)54-33-35-55(63)65(53)66(54)56)68(60-28-20-18-26-52(60)42(3)4)62-38-50(32-30-46(62)10)48-23-15-12-16-24-48/h11-44H,1-10H3. The molecule has 0 saturated carbocycles. The van der Waals surface area contributed by atoms with E-state index in [1.54, 1.807) is 0 Å². The van der Waals surface area contributed by atoms with Crippen molar-refractivity contribution in [1.29, 1.82) is 0 Å². The maximum atomic E-state index is 2.60. The average Bonchev–Trinajstić information content (AvgIpc) is 3.35. The molecule has 0 fully saturated rings. The third kappa shape index (κ3) is 7.80. The van der Waals surface area contributed by atoms with Crippen molar-refractivity contribution in [2.45, 2.75) is 92.9 Å². The van der Waals surface area contributed by atoms with Crippen molar-refractivity contribution in [2.24, 2.45) is 0 Å². The Kier molecular flexibility index (Phi) is 11.9. The number of hydrogen-bond donors (Lipinski definition) is 0. The van der Waals surface area contributed by atoms with E-state index in [1.165, 1.54) is 122 Å². The van der Waals surface area contributed by atoms with Crippen molar-refractivity contribution in [2.75, 3.05) is 9.80 Å². The fourth-order valence-electron chi connectivity index (χ4n) is 10.8. The van der Waals surface area contributed by atoms with Crippen molar-refractivity contribution in [1.82, 2.24) is 0 Å². The Balaban J connectivity index is 1.34. The molecule has 10 rings (SSSR count). The van der Waals surface area contributed by atoms with Crippen LogP contribution in [0.1, 0.15) is 112 Å². The molecule has 2 heteroatoms. The smallest absolute Gasteiger partial charge is 0.0543 e. The Labute approximate surface area is 404 Å². The minimum absolute atomic E-state index is 0.277. The van der Waals surface area contributed by atoms with Crippen LogP contribution in [0.5, 0.6) is 0 Å². The summed E-state index contributed by atoms with van der Waals surface area (Å²) in [6.07, 6.45) is 0. The lowest BCUT2D eigenvalue weighted by Gasteiger charge is -2.34. The Bertz CT molecular complexity index is 3200. The lowest BCUT2D eigenvalue weighted by molar-refractivity contribution is 0.863. The van der Waals surface area contributed by atoms with Gasteiger partial charge >= 0.3 is 0 Å². The highest BCUT2D eigenvalue weighted by molar-refractivity contribution is 6.29. The van der Waals surface area contributed by atoms with E-state index in [4.69, 9.17) is 0 Å². The van der Waals surface area contributed by atoms with Gasteiger partial charge in [-0.25, -0.2) is 0 Å². The summed E-state index contributed by atoms with van der Waals surface area (Å²) in [5.74, 6) is 1.18. The van der Waals surface area contributed by atoms with Gasteiger partial charge in [0.1, 0.15) is 0 Å². The molecular formula is C66H64N2. The Morgan fingerprint density at radius 3 is 0.971 bits per heavy atom. The molecule has 2 nitrogen and oxygen atoms in total. The molecule has 0 N–H and O–H groups in total. The topological polar surface area (TPSA) is 6.48 Å². The molecule has 68 heavy (non-hydrogen) atoms. The summed E-state index contributed by atoms with van der Waals surface area (Å²) in [6, 6.07) is 68.6. The quantitative estimate of drug-likeness (QED) is 0.113. The third-order valence-electron chi connectivity index (χ3n) is 14.4. The van der Waals surface area contributed by atoms with Crippen molar-refractivity contribution in [3.05, 3.63) is 215 Å². The van der Waals surface area contributed by atoms with E-state index < -0.39 is 0 Å². The first-order chi connectivity index (χ1) is 32.9. The van der Waals surface area contributed by atoms with Crippen LogP contribution in [0.25, 0.3) is 54.6 Å². The largest absolute Gasteiger partial charge is 0.309 e. The van der Waals surface area contributed by atoms with E-state index in [-0.39, 0.29) is 11.8 Å². The Hall–Kier alpha value is -7.16. The van der Waals surface area contributed by atoms with Gasteiger partial charge < -0.3 is 9.80 Å². The third-order valence-corrected chi connectivity index (χ3v) is 14.4. The van der Waals surface area contributed by atoms with E-state index in [1.807, 2.05) is 0 Å². The molecule has 0 spiro atoms. The van der Waals surface area contributed by atoms with Crippen LogP contribution in [0.15, 0.2) is 182 Å². The number of para-hydroxylation sites is 2. The van der Waals surface area contributed by atoms with Crippen molar-refractivity contribution in [3.8, 4) is 22.3 Å². The van der Waals surface area contributed by atoms with Crippen LogP contribution < -0.4 is 9.80 Å². The number of aryl methyl sites for hydroxylation is 2. The van der Waals surface area contributed by atoms with Gasteiger partial charge in [0.05, 0.1) is 11.4 Å². The summed E-state index contributed by atoms with van der Waals surface area (Å²) in [5, 5.41) is 7.84. The molecule has 0 amide bonds. The fraction of sp³-hybridized carbons (Fsp3) is 0.212. The normalized spacial score (nSPS) is 11.9. The summed E-state index contributed by atoms with van der Waals surface area (Å²) in [6.45, 7) is 23.3. The van der Waals surface area contributed by atoms with Gasteiger partial charge in [-0.15, -0.1) is 0 Å². The highest BCUT2D eigenvalue weighted by Gasteiger charge is 2.29. The predicted octanol–water partition coefficient (Wildman–Crippen LogP) is 20.0. The first kappa shape index (κ1) is 44.7. The maximum absolute atomic E-state index is 2.60. The van der Waals surface area contributed by atoms with Crippen molar-refractivity contribution < 1.29 is 0 Å². The molecule has 0 aliphatic heterocycles. The molecule has 0 atom stereocenters. The molecule has 0 aromatic heterocycles. The number of hydrogen-bond acceptors (Lipinski definition) is 2. The van der Waals surface area contributed by atoms with E-state index in [0.29, 0.717) is 11.8 Å². The summed E-state index contributed by atoms with van der Waals surface area (Å²) in [5.41, 5.74) is 19.9. The molecule has 0 bridgehead atoms. The summed E-state index contributed by atoms with van der Waals surface area (Å²) >= 11 is 0. The molecule has 10 aromatic rings. The molecule has 0 radical (unpaired) electrons. The highest BCUT2D eigenvalue weighted by atomic mass is 15.2. The van der Waals surface area contributed by atoms with Gasteiger partial charge in [0.2, 0.25) is 0 Å². The zero-order valence-corrected chi connectivity index (χ0v) is 41.5. The average molecular weight is 885 g/mol. The van der Waals surface area contributed by atoms with Crippen LogP contribution in [0.2, 0.25) is 0 Å². The van der Waals surface area contributed by atoms with Gasteiger partial charge in [0.15, 0.2) is 0 Å². The first-order valence-electron chi connectivity index (χ1n) is 24.8. The second-order valence-electron chi connectivity index (χ2n) is 20.2. The zero-order valence-electron chi connectivity index (χ0n) is 41.5. The lowest BCUT2D eigenvalue weighted by atomic mass is 9.83. The summed E-state index contributed by atoms with van der Waals surface area (Å²) in [7, 11) is 0. The second-order valence-corrected chi connectivity index (χ2v) is 20.2. The monoisotopic (exact) mass is 885 g/mol. The van der Waals surface area contributed by atoms with Gasteiger partial charge in [-0.05, 0) is 151 Å². The van der Waals surface area contributed by atoms with Gasteiger partial charge in [0.25, 0.3) is 0 Å². The number of anilines is 6. The van der Waals surface area contributed by atoms with Crippen molar-refractivity contribution >= 4 is 66.4 Å². The van der Waals surface area contributed by atoms with Crippen molar-refractivity contribution in [3.63, 3.8) is 0 Å². The van der Waals surface area contributed by atoms with E-state index >= 15 is 0 Å². The van der Waals surface area contributed by atoms with E-state index in [0.717, 1.165) is 0 Å². The maximum Gasteiger partial charge on any atom is 0.0543 e. The first-order valence-corrected chi connectivity index (χ1v) is 24.8. The molecule has 0 heterocycles. The summed E-state index contributed by atoms with van der Waals surface area (Å²) in [4.78, 5) is 5.20. The van der Waals surface area contributed by atoms with Crippen LogP contribution in [0.4, 0.5) is 34.1 Å². The molecule has 0 saturated heterocycles. The lowest BCUT2D eigenvalue weighted by Crippen LogP contribution is -2.16. The second kappa shape index (κ2) is 18.1. The highest BCUT2D eigenvalue weighted by Crippen LogP contribution is 2.53. The molecule has 338 valence electrons. The van der Waals surface area contributed by atoms with Crippen LogP contribution in [0.3, 0.4) is 0 Å². The number of nitrogens with zero attached hydrogens (tertiary/aromatic N) is 2. The molecule has 10 aromatic carbocycles. The van der Waals surface area contributed by atoms with Crippen LogP contribution in [-0.2, 0) is 0 Å². The Morgan fingerprint density at radius 1 is 0.265 bits per heavy atom. The fourth-order valence-corrected chi connectivity index (χ4v) is 10.8. The Morgan fingerprint density at radius 2 is 0.603 bits per heavy atom. The van der Waals surface area contributed by atoms with Gasteiger partial charge in [-0.2, -0.15) is 0 Å². The van der Waals surface area contributed by atoms with E-state index in [2.05, 4.69) is 261 Å². The van der Waals surface area contributed by atoms with Crippen LogP contribution >= 0.6 is 0 Å². The number of rotatable bonds is 12. The number of benzene rings is 10. The minimum atomic E-state index is 0.277. The zero-order chi connectivity index (χ0) is 47.4. The summed E-state index contributed by atoms with van der Waals surface area (Å²) < 4.78 is 0. The molecular weight excluding hydrogens is 821 g/mol.